The highest BCUT2D eigenvalue weighted by molar-refractivity contribution is 6.22. The number of carbonyl (C=O) groups is 2. The quantitative estimate of drug-likeness (QED) is 0.332. The lowest BCUT2D eigenvalue weighted by Gasteiger charge is -2.36. The van der Waals surface area contributed by atoms with E-state index in [1.165, 1.54) is 4.90 Å². The summed E-state index contributed by atoms with van der Waals surface area (Å²) in [6, 6.07) is 15.8. The van der Waals surface area contributed by atoms with Crippen LogP contribution in [0.2, 0.25) is 0 Å². The topological polar surface area (TPSA) is 107 Å². The van der Waals surface area contributed by atoms with Crippen LogP contribution in [-0.4, -0.2) is 53.6 Å². The van der Waals surface area contributed by atoms with Crippen LogP contribution in [0, 0.1) is 17.8 Å². The molecule has 37 heavy (non-hydrogen) atoms. The number of para-hydroxylation sites is 1. The summed E-state index contributed by atoms with van der Waals surface area (Å²) < 4.78 is 5.42. The zero-order valence-corrected chi connectivity index (χ0v) is 21.3. The lowest BCUT2D eigenvalue weighted by atomic mass is 9.68. The predicted molar refractivity (Wildman–Crippen MR) is 142 cm³/mol. The molecule has 3 N–H and O–H groups in total. The fourth-order valence-corrected chi connectivity index (χ4v) is 5.73. The van der Waals surface area contributed by atoms with Crippen LogP contribution in [0.25, 0.3) is 6.08 Å². The molecule has 0 bridgehead atoms. The zero-order chi connectivity index (χ0) is 26.5. The van der Waals surface area contributed by atoms with E-state index >= 15 is 0 Å². The van der Waals surface area contributed by atoms with Gasteiger partial charge in [0.15, 0.2) is 0 Å². The summed E-state index contributed by atoms with van der Waals surface area (Å²) in [6.45, 7) is 1.94. The van der Waals surface area contributed by atoms with Gasteiger partial charge < -0.3 is 20.1 Å². The predicted octanol–water partition coefficient (Wildman–Crippen LogP) is 4.09. The molecule has 0 saturated carbocycles. The van der Waals surface area contributed by atoms with Gasteiger partial charge in [0.25, 0.3) is 0 Å². The molecular weight excluding hydrogens is 470 g/mol. The molecule has 0 aromatic heterocycles. The van der Waals surface area contributed by atoms with Crippen LogP contribution >= 0.6 is 0 Å². The molecule has 7 nitrogen and oxygen atoms in total. The number of rotatable bonds is 10. The number of hydrogen-bond donors (Lipinski definition) is 3. The van der Waals surface area contributed by atoms with E-state index in [1.807, 2.05) is 24.3 Å². The van der Waals surface area contributed by atoms with Gasteiger partial charge in [-0.2, -0.15) is 0 Å². The van der Waals surface area contributed by atoms with E-state index in [1.54, 1.807) is 43.5 Å². The van der Waals surface area contributed by atoms with Gasteiger partial charge in [0.05, 0.1) is 36.8 Å². The molecule has 1 saturated heterocycles. The Morgan fingerprint density at radius 1 is 1.11 bits per heavy atom. The number of benzene rings is 2. The number of aliphatic hydroxyl groups is 2. The van der Waals surface area contributed by atoms with E-state index in [2.05, 4.69) is 6.92 Å². The number of anilines is 1. The summed E-state index contributed by atoms with van der Waals surface area (Å²) in [6.07, 6.45) is 3.32. The van der Waals surface area contributed by atoms with E-state index in [9.17, 15) is 24.9 Å². The van der Waals surface area contributed by atoms with Gasteiger partial charge in [-0.1, -0.05) is 48.9 Å². The van der Waals surface area contributed by atoms with E-state index in [0.717, 1.165) is 23.1 Å². The molecule has 196 valence electrons. The summed E-state index contributed by atoms with van der Waals surface area (Å²) in [7, 11) is 1.56. The number of carbonyl (C=O) groups excluding carboxylic acids is 2. The minimum atomic E-state index is -0.883. The third-order valence-corrected chi connectivity index (χ3v) is 7.53. The second-order valence-corrected chi connectivity index (χ2v) is 9.77. The smallest absolute Gasteiger partial charge is 0.238 e. The first-order valence-electron chi connectivity index (χ1n) is 12.8. The van der Waals surface area contributed by atoms with Gasteiger partial charge >= 0.3 is 0 Å². The van der Waals surface area contributed by atoms with Crippen molar-refractivity contribution in [3.63, 3.8) is 0 Å². The number of phenolic OH excluding ortho intramolecular Hbond substituents is 1. The molecule has 0 unspecified atom stereocenters. The first-order valence-corrected chi connectivity index (χ1v) is 12.8. The summed E-state index contributed by atoms with van der Waals surface area (Å²) >= 11 is 0. The van der Waals surface area contributed by atoms with E-state index in [4.69, 9.17) is 4.74 Å². The molecule has 0 spiro atoms. The number of amides is 2. The number of fused-ring (bicyclic) bond motifs is 1. The fourth-order valence-electron chi connectivity index (χ4n) is 5.73. The SMILES string of the molecule is CC/C(=C\c1ccc(O)cc1)CC[C@@H](O)C1=C(COC)C[C@H]2C(=O)N(c3ccccc3)C(=O)[C@H]2[C@H]1CO. The van der Waals surface area contributed by atoms with Crippen LogP contribution in [0.3, 0.4) is 0 Å². The van der Waals surface area contributed by atoms with Crippen molar-refractivity contribution in [1.82, 2.24) is 0 Å². The van der Waals surface area contributed by atoms with E-state index in [0.29, 0.717) is 30.5 Å². The molecular formula is C30H35NO6. The van der Waals surface area contributed by atoms with Crippen LogP contribution in [0.5, 0.6) is 5.75 Å². The van der Waals surface area contributed by atoms with Crippen molar-refractivity contribution in [1.29, 1.82) is 0 Å². The van der Waals surface area contributed by atoms with Crippen LogP contribution in [-0.2, 0) is 14.3 Å². The number of ether oxygens (including phenoxy) is 1. The Kier molecular flexibility index (Phi) is 8.59. The number of allylic oxidation sites excluding steroid dienone is 1. The molecule has 2 aliphatic rings. The van der Waals surface area contributed by atoms with Crippen LogP contribution in [0.4, 0.5) is 5.69 Å². The standard InChI is InChI=1S/C30H35NO6/c1-3-19(15-20-9-12-23(33)13-10-20)11-14-26(34)27-21(18-37-2)16-24-28(25(27)17-32)30(36)31(29(24)35)22-7-5-4-6-8-22/h4-10,12-13,15,24-26,28,32-34H,3,11,14,16-18H2,1-2H3/b19-15+/t24-,25+,26-,28-/m1/s1. The minimum Gasteiger partial charge on any atom is -0.508 e. The maximum atomic E-state index is 13.5. The minimum absolute atomic E-state index is 0.208. The first kappa shape index (κ1) is 26.8. The Bertz CT molecular complexity index is 1170. The van der Waals surface area contributed by atoms with Crippen molar-refractivity contribution in [2.24, 2.45) is 17.8 Å². The van der Waals surface area contributed by atoms with E-state index in [-0.39, 0.29) is 30.8 Å². The summed E-state index contributed by atoms with van der Waals surface area (Å²) in [4.78, 5) is 28.1. The fraction of sp³-hybridized carbons (Fsp3) is 0.400. The number of phenols is 1. The monoisotopic (exact) mass is 505 g/mol. The maximum absolute atomic E-state index is 13.5. The highest BCUT2D eigenvalue weighted by Gasteiger charge is 2.55. The second-order valence-electron chi connectivity index (χ2n) is 9.77. The molecule has 2 aromatic rings. The molecule has 1 heterocycles. The third-order valence-electron chi connectivity index (χ3n) is 7.53. The second kappa shape index (κ2) is 11.9. The summed E-state index contributed by atoms with van der Waals surface area (Å²) in [5.74, 6) is -2.36. The van der Waals surface area contributed by atoms with Crippen molar-refractivity contribution in [3.05, 3.63) is 76.9 Å². The van der Waals surface area contributed by atoms with Gasteiger partial charge in [-0.15, -0.1) is 0 Å². The van der Waals surface area contributed by atoms with E-state index < -0.39 is 23.9 Å². The molecule has 1 aliphatic heterocycles. The number of methoxy groups -OCH3 is 1. The first-order chi connectivity index (χ1) is 17.9. The summed E-state index contributed by atoms with van der Waals surface area (Å²) in [5.41, 5.74) is 4.03. The normalized spacial score (nSPS) is 23.0. The van der Waals surface area contributed by atoms with Crippen molar-refractivity contribution < 1.29 is 29.6 Å². The molecule has 2 aromatic carbocycles. The largest absolute Gasteiger partial charge is 0.508 e. The van der Waals surface area contributed by atoms with Crippen LogP contribution in [0.15, 0.2) is 71.3 Å². The van der Waals surface area contributed by atoms with Gasteiger partial charge in [0.2, 0.25) is 11.8 Å². The van der Waals surface area contributed by atoms with Gasteiger partial charge in [0.1, 0.15) is 5.75 Å². The van der Waals surface area contributed by atoms with Gasteiger partial charge in [-0.05, 0) is 66.7 Å². The number of nitrogens with zero attached hydrogens (tertiary/aromatic N) is 1. The Hall–Kier alpha value is -3.26. The maximum Gasteiger partial charge on any atom is 0.238 e. The molecule has 2 amide bonds. The summed E-state index contributed by atoms with van der Waals surface area (Å²) in [5, 5.41) is 31.4. The number of imide groups is 1. The molecule has 4 atom stereocenters. The molecule has 1 aliphatic carbocycles. The molecule has 4 rings (SSSR count). The zero-order valence-electron chi connectivity index (χ0n) is 21.3. The molecule has 0 radical (unpaired) electrons. The van der Waals surface area contributed by atoms with Gasteiger partial charge in [-0.3, -0.25) is 14.5 Å². The van der Waals surface area contributed by atoms with Crippen molar-refractivity contribution >= 4 is 23.6 Å². The lowest BCUT2D eigenvalue weighted by Crippen LogP contribution is -2.39. The average Bonchev–Trinajstić information content (AvgIpc) is 3.16. The van der Waals surface area contributed by atoms with Crippen molar-refractivity contribution in [2.75, 3.05) is 25.2 Å². The van der Waals surface area contributed by atoms with Crippen LogP contribution < -0.4 is 4.90 Å². The van der Waals surface area contributed by atoms with Gasteiger partial charge in [0, 0.05) is 13.0 Å². The lowest BCUT2D eigenvalue weighted by molar-refractivity contribution is -0.123. The third kappa shape index (κ3) is 5.54. The van der Waals surface area contributed by atoms with Gasteiger partial charge in [-0.25, -0.2) is 0 Å². The Morgan fingerprint density at radius 3 is 2.43 bits per heavy atom. The molecule has 1 fully saturated rings. The highest BCUT2D eigenvalue weighted by Crippen LogP contribution is 2.47. The Balaban J connectivity index is 1.59. The number of aromatic hydroxyl groups is 1. The Labute approximate surface area is 217 Å². The molecule has 7 heteroatoms. The van der Waals surface area contributed by atoms with Crippen molar-refractivity contribution in [3.8, 4) is 5.75 Å². The Morgan fingerprint density at radius 2 is 1.81 bits per heavy atom. The van der Waals surface area contributed by atoms with Crippen molar-refractivity contribution in [2.45, 2.75) is 38.7 Å². The number of aliphatic hydroxyl groups excluding tert-OH is 2. The average molecular weight is 506 g/mol. The number of hydrogen-bond acceptors (Lipinski definition) is 6. The van der Waals surface area contributed by atoms with Crippen LogP contribution in [0.1, 0.15) is 38.2 Å². The highest BCUT2D eigenvalue weighted by atomic mass is 16.5.